The lowest BCUT2D eigenvalue weighted by Gasteiger charge is -2.05. The largest absolute Gasteiger partial charge is 0.460 e. The van der Waals surface area contributed by atoms with Gasteiger partial charge in [0.2, 0.25) is 0 Å². The predicted octanol–water partition coefficient (Wildman–Crippen LogP) is 1.58. The Labute approximate surface area is 73.6 Å². The van der Waals surface area contributed by atoms with Gasteiger partial charge >= 0.3 is 5.97 Å². The van der Waals surface area contributed by atoms with Crippen LogP contribution in [-0.4, -0.2) is 12.1 Å². The highest BCUT2D eigenvalue weighted by molar-refractivity contribution is 5.82. The second-order valence-electron chi connectivity index (χ2n) is 2.95. The van der Waals surface area contributed by atoms with Gasteiger partial charge in [-0.25, -0.2) is 4.79 Å². The minimum absolute atomic E-state index is 0.0804. The molecule has 0 bridgehead atoms. The molecule has 0 amide bonds. The second kappa shape index (κ2) is 5.63. The van der Waals surface area contributed by atoms with E-state index in [4.69, 9.17) is 10.5 Å². The van der Waals surface area contributed by atoms with Crippen molar-refractivity contribution in [2.45, 2.75) is 39.7 Å². The van der Waals surface area contributed by atoms with Crippen molar-refractivity contribution in [2.75, 3.05) is 0 Å². The van der Waals surface area contributed by atoms with Crippen LogP contribution in [0.2, 0.25) is 0 Å². The normalized spacial score (nSPS) is 11.8. The Morgan fingerprint density at radius 2 is 2.17 bits per heavy atom. The van der Waals surface area contributed by atoms with Crippen LogP contribution in [-0.2, 0) is 9.53 Å². The molecule has 0 aromatic heterocycles. The minimum atomic E-state index is -0.351. The first-order valence-corrected chi connectivity index (χ1v) is 4.23. The van der Waals surface area contributed by atoms with E-state index in [1.807, 2.05) is 20.8 Å². The molecule has 0 heterocycles. The molecule has 0 atom stereocenters. The molecule has 0 radical (unpaired) electrons. The van der Waals surface area contributed by atoms with Crippen LogP contribution < -0.4 is 5.73 Å². The number of nitrogens with two attached hydrogens (primary N) is 1. The van der Waals surface area contributed by atoms with Crippen molar-refractivity contribution in [1.29, 1.82) is 0 Å². The van der Waals surface area contributed by atoms with Crippen LogP contribution >= 0.6 is 0 Å². The van der Waals surface area contributed by atoms with Crippen LogP contribution in [0.25, 0.3) is 0 Å². The van der Waals surface area contributed by atoms with Crippen LogP contribution in [0.3, 0.4) is 0 Å². The number of hydrogen-bond acceptors (Lipinski definition) is 3. The average Bonchev–Trinajstić information content (AvgIpc) is 1.84. The van der Waals surface area contributed by atoms with Crippen LogP contribution in [0, 0.1) is 0 Å². The average molecular weight is 171 g/mol. The van der Waals surface area contributed by atoms with E-state index < -0.39 is 0 Å². The van der Waals surface area contributed by atoms with Gasteiger partial charge in [0.05, 0.1) is 6.10 Å². The van der Waals surface area contributed by atoms with Crippen molar-refractivity contribution < 1.29 is 9.53 Å². The summed E-state index contributed by atoms with van der Waals surface area (Å²) in [6.07, 6.45) is 2.96. The van der Waals surface area contributed by atoms with Gasteiger partial charge in [-0.2, -0.15) is 0 Å². The smallest absolute Gasteiger partial charge is 0.332 e. The maximum absolute atomic E-state index is 11.0. The molecule has 0 rings (SSSR count). The van der Waals surface area contributed by atoms with Gasteiger partial charge in [0, 0.05) is 11.8 Å². The molecule has 0 aromatic carbocycles. The molecular formula is C9H17NO2. The summed E-state index contributed by atoms with van der Waals surface area (Å²) in [6, 6.07) is 0. The Morgan fingerprint density at radius 3 is 2.58 bits per heavy atom. The lowest BCUT2D eigenvalue weighted by Crippen LogP contribution is -2.11. The third-order valence-electron chi connectivity index (χ3n) is 1.19. The number of carbonyl (C=O) groups is 1. The Hall–Kier alpha value is -0.990. The molecule has 12 heavy (non-hydrogen) atoms. The van der Waals surface area contributed by atoms with Gasteiger partial charge in [-0.1, -0.05) is 13.3 Å². The van der Waals surface area contributed by atoms with E-state index in [9.17, 15) is 4.79 Å². The molecule has 0 saturated carbocycles. The molecule has 0 aromatic rings. The van der Waals surface area contributed by atoms with Crippen molar-refractivity contribution in [3.8, 4) is 0 Å². The molecule has 2 N–H and O–H groups in total. The third-order valence-corrected chi connectivity index (χ3v) is 1.19. The van der Waals surface area contributed by atoms with Gasteiger partial charge in [-0.05, 0) is 20.3 Å². The molecule has 0 saturated heterocycles. The standard InChI is InChI=1S/C9H17NO2/c1-4-5-8(10)6-9(11)12-7(2)3/h6-7H,4-5,10H2,1-3H3/b8-6-. The first-order valence-electron chi connectivity index (χ1n) is 4.23. The predicted molar refractivity (Wildman–Crippen MR) is 48.4 cm³/mol. The summed E-state index contributed by atoms with van der Waals surface area (Å²) in [5.74, 6) is -0.351. The summed E-state index contributed by atoms with van der Waals surface area (Å²) in [5, 5.41) is 0. The van der Waals surface area contributed by atoms with E-state index in [1.165, 1.54) is 6.08 Å². The summed E-state index contributed by atoms with van der Waals surface area (Å²) in [5.41, 5.74) is 6.11. The van der Waals surface area contributed by atoms with E-state index >= 15 is 0 Å². The molecule has 0 unspecified atom stereocenters. The van der Waals surface area contributed by atoms with E-state index in [-0.39, 0.29) is 12.1 Å². The van der Waals surface area contributed by atoms with Gasteiger partial charge in [0.15, 0.2) is 0 Å². The van der Waals surface area contributed by atoms with Crippen LogP contribution in [0.5, 0.6) is 0 Å². The second-order valence-corrected chi connectivity index (χ2v) is 2.95. The molecule has 3 nitrogen and oxygen atoms in total. The fourth-order valence-electron chi connectivity index (χ4n) is 0.779. The molecule has 3 heteroatoms. The van der Waals surface area contributed by atoms with Crippen molar-refractivity contribution in [2.24, 2.45) is 5.73 Å². The molecule has 0 aliphatic heterocycles. The minimum Gasteiger partial charge on any atom is -0.460 e. The number of esters is 1. The lowest BCUT2D eigenvalue weighted by atomic mass is 10.2. The highest BCUT2D eigenvalue weighted by Crippen LogP contribution is 1.98. The van der Waals surface area contributed by atoms with E-state index in [1.54, 1.807) is 0 Å². The summed E-state index contributed by atoms with van der Waals surface area (Å²) in [7, 11) is 0. The highest BCUT2D eigenvalue weighted by atomic mass is 16.5. The van der Waals surface area contributed by atoms with Gasteiger partial charge in [0.1, 0.15) is 0 Å². The molecule has 70 valence electrons. The summed E-state index contributed by atoms with van der Waals surface area (Å²) in [4.78, 5) is 11.0. The number of carbonyl (C=O) groups excluding carboxylic acids is 1. The molecule has 0 fully saturated rings. The number of rotatable bonds is 4. The van der Waals surface area contributed by atoms with Gasteiger partial charge in [-0.15, -0.1) is 0 Å². The highest BCUT2D eigenvalue weighted by Gasteiger charge is 2.01. The first kappa shape index (κ1) is 11.0. The fraction of sp³-hybridized carbons (Fsp3) is 0.667. The Kier molecular flexibility index (Phi) is 5.17. The zero-order valence-electron chi connectivity index (χ0n) is 7.96. The van der Waals surface area contributed by atoms with Crippen molar-refractivity contribution in [3.63, 3.8) is 0 Å². The van der Waals surface area contributed by atoms with Crippen LogP contribution in [0.1, 0.15) is 33.6 Å². The Balaban J connectivity index is 3.88. The van der Waals surface area contributed by atoms with Crippen molar-refractivity contribution in [3.05, 3.63) is 11.8 Å². The summed E-state index contributed by atoms with van der Waals surface area (Å²) in [6.45, 7) is 5.62. The molecule has 0 spiro atoms. The van der Waals surface area contributed by atoms with Gasteiger partial charge in [0.25, 0.3) is 0 Å². The SMILES string of the molecule is CCC/C(N)=C/C(=O)OC(C)C. The maximum atomic E-state index is 11.0. The number of allylic oxidation sites excluding steroid dienone is 1. The Morgan fingerprint density at radius 1 is 1.58 bits per heavy atom. The van der Waals surface area contributed by atoms with Gasteiger partial charge in [-0.3, -0.25) is 0 Å². The fourth-order valence-corrected chi connectivity index (χ4v) is 0.779. The monoisotopic (exact) mass is 171 g/mol. The zero-order valence-corrected chi connectivity index (χ0v) is 7.96. The Bertz CT molecular complexity index is 173. The van der Waals surface area contributed by atoms with E-state index in [0.29, 0.717) is 5.70 Å². The zero-order chi connectivity index (χ0) is 9.56. The molecular weight excluding hydrogens is 154 g/mol. The molecule has 0 aliphatic rings. The topological polar surface area (TPSA) is 52.3 Å². The quantitative estimate of drug-likeness (QED) is 0.516. The van der Waals surface area contributed by atoms with Gasteiger partial charge < -0.3 is 10.5 Å². The summed E-state index contributed by atoms with van der Waals surface area (Å²) < 4.78 is 4.87. The van der Waals surface area contributed by atoms with Crippen molar-refractivity contribution >= 4 is 5.97 Å². The van der Waals surface area contributed by atoms with Crippen molar-refractivity contribution in [1.82, 2.24) is 0 Å². The number of hydrogen-bond donors (Lipinski definition) is 1. The van der Waals surface area contributed by atoms with Crippen LogP contribution in [0.15, 0.2) is 11.8 Å². The van der Waals surface area contributed by atoms with Crippen LogP contribution in [0.4, 0.5) is 0 Å². The molecule has 0 aliphatic carbocycles. The summed E-state index contributed by atoms with van der Waals surface area (Å²) >= 11 is 0. The first-order chi connectivity index (χ1) is 5.56. The lowest BCUT2D eigenvalue weighted by molar-refractivity contribution is -0.141. The maximum Gasteiger partial charge on any atom is 0.332 e. The number of ether oxygens (including phenoxy) is 1. The third kappa shape index (κ3) is 5.77. The van der Waals surface area contributed by atoms with E-state index in [2.05, 4.69) is 0 Å². The van der Waals surface area contributed by atoms with E-state index in [0.717, 1.165) is 12.8 Å².